The van der Waals surface area contributed by atoms with Crippen LogP contribution in [0, 0.1) is 5.92 Å². The number of piperidine rings is 1. The van der Waals surface area contributed by atoms with E-state index in [0.29, 0.717) is 6.04 Å². The lowest BCUT2D eigenvalue weighted by atomic mass is 9.97. The van der Waals surface area contributed by atoms with Crippen molar-refractivity contribution in [1.29, 1.82) is 0 Å². The lowest BCUT2D eigenvalue weighted by molar-refractivity contribution is 0.162. The fourth-order valence-corrected chi connectivity index (χ4v) is 1.94. The molecule has 0 aromatic rings. The third kappa shape index (κ3) is 4.40. The summed E-state index contributed by atoms with van der Waals surface area (Å²) in [5.41, 5.74) is 0. The summed E-state index contributed by atoms with van der Waals surface area (Å²) in [6.07, 6.45) is 2.67. The molecule has 1 heterocycles. The van der Waals surface area contributed by atoms with Gasteiger partial charge in [0.2, 0.25) is 0 Å². The smallest absolute Gasteiger partial charge is 0.0613 e. The molecule has 1 atom stereocenters. The van der Waals surface area contributed by atoms with Gasteiger partial charge in [0.15, 0.2) is 0 Å². The van der Waals surface area contributed by atoms with E-state index in [9.17, 15) is 0 Å². The Kier molecular flexibility index (Phi) is 5.45. The fourth-order valence-electron chi connectivity index (χ4n) is 1.94. The molecule has 0 amide bonds. The quantitative estimate of drug-likeness (QED) is 0.715. The van der Waals surface area contributed by atoms with Crippen LogP contribution < -0.4 is 5.32 Å². The number of nitrogens with zero attached hydrogens (tertiary/aromatic N) is 1. The number of methoxy groups -OCH3 is 1. The number of hydrogen-bond donors (Lipinski definition) is 1. The molecule has 0 aliphatic carbocycles. The Labute approximate surface area is 87.8 Å². The molecular formula is C11H24N2O. The van der Waals surface area contributed by atoms with Gasteiger partial charge in [-0.15, -0.1) is 0 Å². The Morgan fingerprint density at radius 2 is 2.07 bits per heavy atom. The predicted octanol–water partition coefficient (Wildman–Crippen LogP) is 0.953. The van der Waals surface area contributed by atoms with Crippen molar-refractivity contribution in [3.63, 3.8) is 0 Å². The van der Waals surface area contributed by atoms with E-state index in [1.807, 2.05) is 0 Å². The predicted molar refractivity (Wildman–Crippen MR) is 59.6 cm³/mol. The van der Waals surface area contributed by atoms with E-state index in [1.54, 1.807) is 7.11 Å². The maximum absolute atomic E-state index is 5.09. The second-order valence-corrected chi connectivity index (χ2v) is 4.51. The number of ether oxygens (including phenoxy) is 1. The zero-order valence-electron chi connectivity index (χ0n) is 9.75. The molecule has 84 valence electrons. The van der Waals surface area contributed by atoms with E-state index in [0.717, 1.165) is 19.1 Å². The largest absolute Gasteiger partial charge is 0.383 e. The molecule has 1 fully saturated rings. The third-order valence-electron chi connectivity index (χ3n) is 3.01. The first-order valence-corrected chi connectivity index (χ1v) is 5.63. The minimum Gasteiger partial charge on any atom is -0.383 e. The van der Waals surface area contributed by atoms with E-state index in [4.69, 9.17) is 4.74 Å². The highest BCUT2D eigenvalue weighted by molar-refractivity contribution is 4.73. The molecule has 0 aromatic carbocycles. The molecule has 0 aromatic heterocycles. The fraction of sp³-hybridized carbons (Fsp3) is 1.00. The van der Waals surface area contributed by atoms with Crippen molar-refractivity contribution < 1.29 is 4.74 Å². The highest BCUT2D eigenvalue weighted by Gasteiger charge is 2.16. The average Bonchev–Trinajstić information content (AvgIpc) is 2.17. The summed E-state index contributed by atoms with van der Waals surface area (Å²) in [5, 5.41) is 3.52. The summed E-state index contributed by atoms with van der Waals surface area (Å²) in [5.74, 6) is 0.866. The van der Waals surface area contributed by atoms with Gasteiger partial charge in [-0.2, -0.15) is 0 Å². The van der Waals surface area contributed by atoms with Crippen molar-refractivity contribution in [2.24, 2.45) is 5.92 Å². The van der Waals surface area contributed by atoms with Crippen LogP contribution in [0.3, 0.4) is 0 Å². The molecule has 3 heteroatoms. The summed E-state index contributed by atoms with van der Waals surface area (Å²) in [4.78, 5) is 2.41. The first-order valence-electron chi connectivity index (χ1n) is 5.63. The summed E-state index contributed by atoms with van der Waals surface area (Å²) >= 11 is 0. The second kappa shape index (κ2) is 6.38. The Balaban J connectivity index is 2.06. The molecule has 1 aliphatic heterocycles. The Hall–Kier alpha value is -0.120. The normalized spacial score (nSPS) is 22.5. The van der Waals surface area contributed by atoms with Crippen LogP contribution in [0.15, 0.2) is 0 Å². The minimum absolute atomic E-state index is 0.486. The van der Waals surface area contributed by atoms with Crippen molar-refractivity contribution in [3.8, 4) is 0 Å². The lowest BCUT2D eigenvalue weighted by Gasteiger charge is -2.29. The zero-order valence-corrected chi connectivity index (χ0v) is 9.75. The van der Waals surface area contributed by atoms with Gasteiger partial charge in [-0.1, -0.05) is 0 Å². The summed E-state index contributed by atoms with van der Waals surface area (Å²) in [6.45, 7) is 6.65. The number of rotatable bonds is 5. The van der Waals surface area contributed by atoms with E-state index in [1.165, 1.54) is 25.9 Å². The number of likely N-dealkylation sites (tertiary alicyclic amines) is 1. The van der Waals surface area contributed by atoms with E-state index >= 15 is 0 Å². The first kappa shape index (κ1) is 12.0. The second-order valence-electron chi connectivity index (χ2n) is 4.51. The Morgan fingerprint density at radius 1 is 1.43 bits per heavy atom. The third-order valence-corrected chi connectivity index (χ3v) is 3.01. The molecule has 1 rings (SSSR count). The highest BCUT2D eigenvalue weighted by atomic mass is 16.5. The van der Waals surface area contributed by atoms with Gasteiger partial charge in [0.25, 0.3) is 0 Å². The van der Waals surface area contributed by atoms with Gasteiger partial charge in [0, 0.05) is 13.2 Å². The van der Waals surface area contributed by atoms with Gasteiger partial charge in [0.05, 0.1) is 6.61 Å². The molecule has 0 spiro atoms. The van der Waals surface area contributed by atoms with Gasteiger partial charge in [-0.25, -0.2) is 0 Å². The average molecular weight is 200 g/mol. The van der Waals surface area contributed by atoms with Gasteiger partial charge in [-0.3, -0.25) is 0 Å². The van der Waals surface area contributed by atoms with Crippen LogP contribution in [0.1, 0.15) is 19.8 Å². The molecule has 0 radical (unpaired) electrons. The summed E-state index contributed by atoms with van der Waals surface area (Å²) < 4.78 is 5.09. The van der Waals surface area contributed by atoms with Crippen molar-refractivity contribution in [3.05, 3.63) is 0 Å². The molecule has 0 saturated carbocycles. The first-order chi connectivity index (χ1) is 6.72. The Bertz CT molecular complexity index is 144. The van der Waals surface area contributed by atoms with Crippen LogP contribution in [0.25, 0.3) is 0 Å². The Morgan fingerprint density at radius 3 is 2.64 bits per heavy atom. The van der Waals surface area contributed by atoms with E-state index < -0.39 is 0 Å². The maximum Gasteiger partial charge on any atom is 0.0613 e. The van der Waals surface area contributed by atoms with Gasteiger partial charge < -0.3 is 15.0 Å². The topological polar surface area (TPSA) is 24.5 Å². The van der Waals surface area contributed by atoms with Crippen molar-refractivity contribution in [2.75, 3.05) is 40.4 Å². The molecule has 1 saturated heterocycles. The van der Waals surface area contributed by atoms with Crippen LogP contribution in [-0.4, -0.2) is 51.3 Å². The van der Waals surface area contributed by atoms with Crippen LogP contribution in [0.2, 0.25) is 0 Å². The van der Waals surface area contributed by atoms with E-state index in [2.05, 4.69) is 24.2 Å². The molecule has 3 nitrogen and oxygen atoms in total. The van der Waals surface area contributed by atoms with Crippen LogP contribution >= 0.6 is 0 Å². The van der Waals surface area contributed by atoms with Crippen LogP contribution in [0.5, 0.6) is 0 Å². The molecule has 1 N–H and O–H groups in total. The van der Waals surface area contributed by atoms with Gasteiger partial charge in [-0.05, 0) is 52.4 Å². The maximum atomic E-state index is 5.09. The molecular weight excluding hydrogens is 176 g/mol. The SMILES string of the molecule is COCC(C)NCC1CCN(C)CC1. The standard InChI is InChI=1S/C11H24N2O/c1-10(9-14-3)12-8-11-4-6-13(2)7-5-11/h10-12H,4-9H2,1-3H3. The van der Waals surface area contributed by atoms with Crippen LogP contribution in [0.4, 0.5) is 0 Å². The molecule has 0 bridgehead atoms. The van der Waals surface area contributed by atoms with Crippen molar-refractivity contribution in [1.82, 2.24) is 10.2 Å². The molecule has 1 unspecified atom stereocenters. The minimum atomic E-state index is 0.486. The number of hydrogen-bond acceptors (Lipinski definition) is 3. The van der Waals surface area contributed by atoms with Crippen molar-refractivity contribution in [2.45, 2.75) is 25.8 Å². The highest BCUT2D eigenvalue weighted by Crippen LogP contribution is 2.14. The summed E-state index contributed by atoms with van der Waals surface area (Å²) in [6, 6.07) is 0.486. The monoisotopic (exact) mass is 200 g/mol. The molecule has 1 aliphatic rings. The van der Waals surface area contributed by atoms with Crippen molar-refractivity contribution >= 4 is 0 Å². The van der Waals surface area contributed by atoms with Gasteiger partial charge in [0.1, 0.15) is 0 Å². The number of nitrogens with one attached hydrogen (secondary N) is 1. The van der Waals surface area contributed by atoms with Crippen LogP contribution in [-0.2, 0) is 4.74 Å². The summed E-state index contributed by atoms with van der Waals surface area (Å²) in [7, 11) is 3.96. The van der Waals surface area contributed by atoms with E-state index in [-0.39, 0.29) is 0 Å². The van der Waals surface area contributed by atoms with Gasteiger partial charge >= 0.3 is 0 Å². The molecule has 14 heavy (non-hydrogen) atoms. The zero-order chi connectivity index (χ0) is 10.4. The lowest BCUT2D eigenvalue weighted by Crippen LogP contribution is -2.39.